The number of hydrogen-bond acceptors (Lipinski definition) is 13. The molecule has 0 aromatic heterocycles. The minimum Gasteiger partial charge on any atom is -1.00 e. The van der Waals surface area contributed by atoms with Gasteiger partial charge in [-0.3, -0.25) is 32.8 Å². The first kappa shape index (κ1) is 39.5. The molecular formula is C31H32N3NaO12S3. The number of hydrogen-bond donors (Lipinski definition) is 3. The minimum atomic E-state index is -4.20. The summed E-state index contributed by atoms with van der Waals surface area (Å²) in [5.74, 6) is -3.75. The predicted molar refractivity (Wildman–Crippen MR) is 180 cm³/mol. The van der Waals surface area contributed by atoms with Crippen LogP contribution in [0.3, 0.4) is 0 Å². The molecule has 19 heteroatoms. The van der Waals surface area contributed by atoms with Crippen molar-refractivity contribution >= 4 is 73.3 Å². The number of benzene rings is 2. The molecule has 0 saturated carbocycles. The zero-order valence-electron chi connectivity index (χ0n) is 27.9. The van der Waals surface area contributed by atoms with Gasteiger partial charge in [0, 0.05) is 42.6 Å². The molecule has 0 aliphatic carbocycles. The molecule has 50 heavy (non-hydrogen) atoms. The molecule has 5 rings (SSSR count). The van der Waals surface area contributed by atoms with Gasteiger partial charge in [0.15, 0.2) is 0 Å². The second-order valence-electron chi connectivity index (χ2n) is 10.8. The van der Waals surface area contributed by atoms with E-state index in [1.807, 2.05) is 4.90 Å². The van der Waals surface area contributed by atoms with E-state index in [4.69, 9.17) is 9.57 Å². The minimum absolute atomic E-state index is 0. The number of ketones is 1. The summed E-state index contributed by atoms with van der Waals surface area (Å²) in [6.45, 7) is -0.974. The zero-order chi connectivity index (χ0) is 35.5. The van der Waals surface area contributed by atoms with Crippen molar-refractivity contribution in [1.29, 1.82) is 0 Å². The molecule has 0 bridgehead atoms. The largest absolute Gasteiger partial charge is 1.00 e. The van der Waals surface area contributed by atoms with Crippen molar-refractivity contribution in [3.8, 4) is 0 Å². The second-order valence-corrected chi connectivity index (χ2v) is 15.4. The van der Waals surface area contributed by atoms with Crippen LogP contribution in [-0.2, 0) is 38.9 Å². The number of fused-ring (bicyclic) bond motifs is 2. The van der Waals surface area contributed by atoms with Gasteiger partial charge in [0.05, 0.1) is 21.4 Å². The van der Waals surface area contributed by atoms with Crippen molar-refractivity contribution < 1.29 is 86.6 Å². The van der Waals surface area contributed by atoms with Gasteiger partial charge in [-0.05, 0) is 48.9 Å². The maximum Gasteiger partial charge on any atom is 1.00 e. The van der Waals surface area contributed by atoms with E-state index >= 15 is 0 Å². The number of carbonyl (C=O) groups excluding carboxylic acids is 5. The van der Waals surface area contributed by atoms with Crippen LogP contribution >= 0.6 is 22.4 Å². The summed E-state index contributed by atoms with van der Waals surface area (Å²) < 4.78 is 58.5. The van der Waals surface area contributed by atoms with E-state index in [0.29, 0.717) is 26.4 Å². The molecule has 2 aromatic carbocycles. The van der Waals surface area contributed by atoms with Crippen LogP contribution in [0.1, 0.15) is 31.0 Å². The number of likely N-dealkylation sites (N-methyl/N-ethyl adjacent to an activating group) is 1. The van der Waals surface area contributed by atoms with Crippen LogP contribution in [0.2, 0.25) is 0 Å². The Balaban J connectivity index is 0.00000351. The molecule has 3 amide bonds. The molecule has 3 aliphatic heterocycles. The van der Waals surface area contributed by atoms with E-state index in [1.165, 1.54) is 48.0 Å². The number of thioether (sulfide) groups is 1. The molecule has 3 aliphatic rings. The van der Waals surface area contributed by atoms with E-state index in [-0.39, 0.29) is 72.2 Å². The molecule has 2 aromatic rings. The molecule has 0 radical (unpaired) electrons. The SMILES string of the molecule is CN(C(=O)COCC(=O)ON1C(=O)CCC1=O)c1ccc2c(c1)SC(=CC=CC=C1C(=O)c3ccccc3S1(O)O)N2CCCS(=O)(=O)O.[H-].[Na+]. The van der Waals surface area contributed by atoms with Crippen LogP contribution in [0.15, 0.2) is 86.5 Å². The Morgan fingerprint density at radius 2 is 1.72 bits per heavy atom. The molecule has 0 spiro atoms. The third kappa shape index (κ3) is 8.94. The third-order valence-corrected chi connectivity index (χ3v) is 11.3. The van der Waals surface area contributed by atoms with Gasteiger partial charge in [0.2, 0.25) is 5.78 Å². The van der Waals surface area contributed by atoms with Gasteiger partial charge in [0.1, 0.15) is 18.1 Å². The Labute approximate surface area is 316 Å². The van der Waals surface area contributed by atoms with E-state index in [9.17, 15) is 46.0 Å². The van der Waals surface area contributed by atoms with Crippen LogP contribution in [0.25, 0.3) is 0 Å². The van der Waals surface area contributed by atoms with Crippen LogP contribution in [0.5, 0.6) is 0 Å². The molecule has 15 nitrogen and oxygen atoms in total. The summed E-state index contributed by atoms with van der Waals surface area (Å²) in [5, 5.41) is 1.03. The molecule has 262 valence electrons. The molecule has 0 atom stereocenters. The van der Waals surface area contributed by atoms with Crippen molar-refractivity contribution in [2.75, 3.05) is 42.4 Å². The van der Waals surface area contributed by atoms with Crippen LogP contribution in [-0.4, -0.2) is 89.2 Å². The van der Waals surface area contributed by atoms with E-state index in [1.54, 1.807) is 42.5 Å². The monoisotopic (exact) mass is 757 g/mol. The average molecular weight is 758 g/mol. The van der Waals surface area contributed by atoms with Crippen LogP contribution in [0, 0.1) is 0 Å². The summed E-state index contributed by atoms with van der Waals surface area (Å²) in [7, 11) is -6.17. The molecule has 3 N–H and O–H groups in total. The molecular weight excluding hydrogens is 726 g/mol. The van der Waals surface area contributed by atoms with Crippen LogP contribution in [0.4, 0.5) is 11.4 Å². The van der Waals surface area contributed by atoms with Gasteiger partial charge < -0.3 is 20.8 Å². The Bertz CT molecular complexity index is 1920. The normalized spacial score (nSPS) is 18.8. The summed E-state index contributed by atoms with van der Waals surface area (Å²) in [6, 6.07) is 11.4. The van der Waals surface area contributed by atoms with Crippen LogP contribution < -0.4 is 39.4 Å². The predicted octanol–water partition coefficient (Wildman–Crippen LogP) is 0.867. The summed E-state index contributed by atoms with van der Waals surface area (Å²) in [6.07, 6.45) is 6.11. The molecule has 1 saturated heterocycles. The number of anilines is 2. The number of ether oxygens (including phenoxy) is 1. The summed E-state index contributed by atoms with van der Waals surface area (Å²) in [4.78, 5) is 69.3. The quantitative estimate of drug-likeness (QED) is 0.119. The number of Topliss-reactive ketones (excluding diaryl/α,β-unsaturated/α-hetero) is 1. The Hall–Kier alpha value is -3.30. The first-order valence-corrected chi connectivity index (χ1v) is 18.6. The maximum atomic E-state index is 12.8. The van der Waals surface area contributed by atoms with Gasteiger partial charge in [0.25, 0.3) is 27.8 Å². The molecule has 1 fully saturated rings. The van der Waals surface area contributed by atoms with Gasteiger partial charge in [-0.1, -0.05) is 36.0 Å². The topological polar surface area (TPSA) is 208 Å². The standard InChI is InChI=1S/C31H31N3O12S3.Na.H/c1-32(28(37)18-45-19-30(38)46-34-26(35)13-14-27(34)36)20-11-12-22-23(17-20)47-29(33(22)15-6-16-48(40,41)42)10-5-4-9-25-31(39)21-7-2-3-8-24(21)49(25,43)44;;/h2-5,7-12,17,43-44H,6,13-16,18-19H2,1H3,(H,40,41,42);;/q;+1;-1. The van der Waals surface area contributed by atoms with Crippen molar-refractivity contribution in [2.45, 2.75) is 29.1 Å². The number of nitrogens with zero attached hydrogens (tertiary/aromatic N) is 3. The Morgan fingerprint density at radius 1 is 1.04 bits per heavy atom. The number of carbonyl (C=O) groups is 5. The molecule has 0 unspecified atom stereocenters. The average Bonchev–Trinajstić information content (AvgIpc) is 3.62. The fourth-order valence-electron chi connectivity index (χ4n) is 5.05. The van der Waals surface area contributed by atoms with Crippen molar-refractivity contribution in [3.63, 3.8) is 0 Å². The molecule has 3 heterocycles. The van der Waals surface area contributed by atoms with Gasteiger partial charge >= 0.3 is 35.5 Å². The van der Waals surface area contributed by atoms with E-state index in [0.717, 1.165) is 0 Å². The van der Waals surface area contributed by atoms with Crippen molar-refractivity contribution in [2.24, 2.45) is 0 Å². The number of hydroxylamine groups is 2. The Kier molecular flexibility index (Phi) is 12.9. The van der Waals surface area contributed by atoms with Crippen molar-refractivity contribution in [1.82, 2.24) is 5.06 Å². The smallest absolute Gasteiger partial charge is 1.00 e. The third-order valence-electron chi connectivity index (χ3n) is 7.47. The fourth-order valence-corrected chi connectivity index (χ4v) is 8.28. The summed E-state index contributed by atoms with van der Waals surface area (Å²) in [5.41, 5.74) is 1.40. The van der Waals surface area contributed by atoms with E-state index in [2.05, 4.69) is 0 Å². The number of imide groups is 1. The van der Waals surface area contributed by atoms with Gasteiger partial charge in [-0.2, -0.15) is 8.42 Å². The second kappa shape index (κ2) is 16.4. The van der Waals surface area contributed by atoms with Gasteiger partial charge in [-0.15, -0.1) is 15.7 Å². The maximum absolute atomic E-state index is 12.8. The number of allylic oxidation sites excluding steroid dienone is 5. The number of amides is 3. The zero-order valence-corrected chi connectivity index (χ0v) is 31.3. The Morgan fingerprint density at radius 3 is 2.40 bits per heavy atom. The van der Waals surface area contributed by atoms with Gasteiger partial charge in [-0.25, -0.2) is 4.79 Å². The summed E-state index contributed by atoms with van der Waals surface area (Å²) >= 11 is 1.31. The van der Waals surface area contributed by atoms with Crippen molar-refractivity contribution in [3.05, 3.63) is 82.3 Å². The first-order chi connectivity index (χ1) is 23.2. The van der Waals surface area contributed by atoms with E-state index < -0.39 is 69.1 Å². The first-order valence-electron chi connectivity index (χ1n) is 14.6. The number of rotatable bonds is 12. The fraction of sp³-hybridized carbons (Fsp3) is 0.258.